The molecule has 2 heterocycles. The molecule has 2 rings (SSSR count). The molecule has 0 saturated heterocycles. The molecule has 0 aromatic carbocycles. The van der Waals surface area contributed by atoms with Gasteiger partial charge in [-0.05, 0) is 18.9 Å². The maximum Gasteiger partial charge on any atom is 0.156 e. The molecule has 68 valence electrons. The van der Waals surface area contributed by atoms with E-state index in [0.29, 0.717) is 5.92 Å². The minimum Gasteiger partial charge on any atom is -0.342 e. The number of aromatic amines is 1. The summed E-state index contributed by atoms with van der Waals surface area (Å²) >= 11 is 0. The van der Waals surface area contributed by atoms with E-state index in [2.05, 4.69) is 28.8 Å². The van der Waals surface area contributed by atoms with E-state index in [9.17, 15) is 0 Å². The Morgan fingerprint density at radius 2 is 2.15 bits per heavy atom. The van der Waals surface area contributed by atoms with E-state index in [-0.39, 0.29) is 0 Å². The fourth-order valence-corrected chi connectivity index (χ4v) is 1.32. The van der Waals surface area contributed by atoms with Crippen LogP contribution in [0.2, 0.25) is 0 Å². The van der Waals surface area contributed by atoms with Crippen molar-refractivity contribution in [3.8, 4) is 0 Å². The summed E-state index contributed by atoms with van der Waals surface area (Å²) in [6.07, 6.45) is 1.85. The second-order valence-electron chi connectivity index (χ2n) is 3.64. The van der Waals surface area contributed by atoms with Crippen LogP contribution in [-0.4, -0.2) is 15.0 Å². The fourth-order valence-electron chi connectivity index (χ4n) is 1.32. The van der Waals surface area contributed by atoms with Gasteiger partial charge in [-0.25, -0.2) is 4.98 Å². The van der Waals surface area contributed by atoms with Gasteiger partial charge in [0.2, 0.25) is 0 Å². The molecular formula is C10H13N3. The zero-order valence-corrected chi connectivity index (χ0v) is 8.13. The monoisotopic (exact) mass is 175 g/mol. The maximum atomic E-state index is 4.48. The van der Waals surface area contributed by atoms with E-state index in [1.807, 2.05) is 19.2 Å². The third kappa shape index (κ3) is 1.41. The number of fused-ring (bicyclic) bond motifs is 1. The van der Waals surface area contributed by atoms with Gasteiger partial charge in [0.1, 0.15) is 5.52 Å². The van der Waals surface area contributed by atoms with Gasteiger partial charge in [0.25, 0.3) is 0 Å². The van der Waals surface area contributed by atoms with Crippen molar-refractivity contribution in [1.29, 1.82) is 0 Å². The first-order valence-electron chi connectivity index (χ1n) is 4.49. The summed E-state index contributed by atoms with van der Waals surface area (Å²) in [6.45, 7) is 6.25. The lowest BCUT2D eigenvalue weighted by molar-refractivity contribution is 0.820. The molecule has 0 spiro atoms. The predicted molar refractivity (Wildman–Crippen MR) is 52.7 cm³/mol. The van der Waals surface area contributed by atoms with Gasteiger partial charge in [-0.2, -0.15) is 0 Å². The second kappa shape index (κ2) is 2.83. The molecule has 0 aliphatic carbocycles. The summed E-state index contributed by atoms with van der Waals surface area (Å²) in [5.41, 5.74) is 3.98. The van der Waals surface area contributed by atoms with E-state index in [0.717, 1.165) is 22.6 Å². The van der Waals surface area contributed by atoms with Gasteiger partial charge in [0, 0.05) is 11.9 Å². The second-order valence-corrected chi connectivity index (χ2v) is 3.64. The van der Waals surface area contributed by atoms with Crippen LogP contribution in [0, 0.1) is 6.92 Å². The number of aromatic nitrogens is 3. The quantitative estimate of drug-likeness (QED) is 0.723. The topological polar surface area (TPSA) is 41.6 Å². The van der Waals surface area contributed by atoms with Gasteiger partial charge in [0.15, 0.2) is 5.65 Å². The molecule has 1 N–H and O–H groups in total. The molecule has 0 aliphatic rings. The zero-order valence-electron chi connectivity index (χ0n) is 8.13. The minimum atomic E-state index is 0.431. The van der Waals surface area contributed by atoms with Crippen LogP contribution in [0.1, 0.15) is 31.2 Å². The average Bonchev–Trinajstić information content (AvgIpc) is 2.42. The third-order valence-electron chi connectivity index (χ3n) is 2.08. The Hall–Kier alpha value is -1.38. The highest BCUT2D eigenvalue weighted by Gasteiger charge is 2.04. The van der Waals surface area contributed by atoms with Gasteiger partial charge in [-0.3, -0.25) is 4.98 Å². The Bertz CT molecular complexity index is 429. The summed E-state index contributed by atoms with van der Waals surface area (Å²) in [4.78, 5) is 12.0. The Morgan fingerprint density at radius 3 is 2.85 bits per heavy atom. The highest BCUT2D eigenvalue weighted by Crippen LogP contribution is 2.15. The molecule has 2 aromatic rings. The molecular weight excluding hydrogens is 162 g/mol. The van der Waals surface area contributed by atoms with Gasteiger partial charge < -0.3 is 4.98 Å². The van der Waals surface area contributed by atoms with Crippen LogP contribution in [0.15, 0.2) is 12.3 Å². The maximum absolute atomic E-state index is 4.48. The van der Waals surface area contributed by atoms with Crippen molar-refractivity contribution in [2.75, 3.05) is 0 Å². The molecule has 0 atom stereocenters. The van der Waals surface area contributed by atoms with Crippen LogP contribution in [0.3, 0.4) is 0 Å². The number of rotatable bonds is 1. The van der Waals surface area contributed by atoms with Gasteiger partial charge in [-0.15, -0.1) is 0 Å². The Labute approximate surface area is 77.2 Å². The summed E-state index contributed by atoms with van der Waals surface area (Å²) < 4.78 is 0. The minimum absolute atomic E-state index is 0.431. The molecule has 0 bridgehead atoms. The first-order valence-corrected chi connectivity index (χ1v) is 4.49. The fraction of sp³-hybridized carbons (Fsp3) is 0.400. The van der Waals surface area contributed by atoms with E-state index >= 15 is 0 Å². The Morgan fingerprint density at radius 1 is 1.38 bits per heavy atom. The molecule has 13 heavy (non-hydrogen) atoms. The van der Waals surface area contributed by atoms with Gasteiger partial charge in [0.05, 0.1) is 5.69 Å². The first kappa shape index (κ1) is 8.23. The van der Waals surface area contributed by atoms with Crippen LogP contribution < -0.4 is 0 Å². The molecule has 3 nitrogen and oxygen atoms in total. The van der Waals surface area contributed by atoms with Gasteiger partial charge in [-0.1, -0.05) is 13.8 Å². The summed E-state index contributed by atoms with van der Waals surface area (Å²) in [7, 11) is 0. The summed E-state index contributed by atoms with van der Waals surface area (Å²) in [6, 6.07) is 2.01. The molecule has 0 saturated carbocycles. The van der Waals surface area contributed by atoms with Gasteiger partial charge >= 0.3 is 0 Å². The summed E-state index contributed by atoms with van der Waals surface area (Å²) in [5.74, 6) is 0.431. The van der Waals surface area contributed by atoms with Crippen LogP contribution in [0.25, 0.3) is 11.2 Å². The molecule has 2 aromatic heterocycles. The van der Waals surface area contributed by atoms with Crippen LogP contribution >= 0.6 is 0 Å². The Kier molecular flexibility index (Phi) is 1.79. The van der Waals surface area contributed by atoms with Crippen molar-refractivity contribution < 1.29 is 0 Å². The Balaban J connectivity index is 2.61. The van der Waals surface area contributed by atoms with E-state index in [4.69, 9.17) is 0 Å². The normalized spacial score (nSPS) is 11.4. The number of nitrogens with zero attached hydrogens (tertiary/aromatic N) is 2. The van der Waals surface area contributed by atoms with Crippen molar-refractivity contribution >= 4 is 11.2 Å². The first-order chi connectivity index (χ1) is 6.16. The molecule has 3 heteroatoms. The number of hydrogen-bond acceptors (Lipinski definition) is 2. The lowest BCUT2D eigenvalue weighted by Gasteiger charge is -2.01. The van der Waals surface area contributed by atoms with E-state index in [1.165, 1.54) is 0 Å². The number of aryl methyl sites for hydroxylation is 1. The van der Waals surface area contributed by atoms with E-state index in [1.54, 1.807) is 0 Å². The predicted octanol–water partition coefficient (Wildman–Crippen LogP) is 2.39. The van der Waals surface area contributed by atoms with Crippen LogP contribution in [0.5, 0.6) is 0 Å². The van der Waals surface area contributed by atoms with Crippen molar-refractivity contribution in [1.82, 2.24) is 15.0 Å². The standard InChI is InChI=1S/C10H13N3/c1-6(2)9-5-11-8-4-7(3)12-10(8)13-9/h4-6H,1-3H3,(H,12,13). The van der Waals surface area contributed by atoms with Crippen LogP contribution in [-0.2, 0) is 0 Å². The SMILES string of the molecule is Cc1cc2ncc(C(C)C)nc2[nH]1. The smallest absolute Gasteiger partial charge is 0.156 e. The number of nitrogens with one attached hydrogen (secondary N) is 1. The molecule has 0 aliphatic heterocycles. The van der Waals surface area contributed by atoms with Crippen LogP contribution in [0.4, 0.5) is 0 Å². The largest absolute Gasteiger partial charge is 0.342 e. The molecule has 0 amide bonds. The average molecular weight is 175 g/mol. The zero-order chi connectivity index (χ0) is 9.42. The lowest BCUT2D eigenvalue weighted by atomic mass is 10.1. The number of hydrogen-bond donors (Lipinski definition) is 1. The van der Waals surface area contributed by atoms with E-state index < -0.39 is 0 Å². The number of H-pyrrole nitrogens is 1. The molecule has 0 unspecified atom stereocenters. The van der Waals surface area contributed by atoms with Crippen molar-refractivity contribution in [2.45, 2.75) is 26.7 Å². The van der Waals surface area contributed by atoms with Crippen molar-refractivity contribution in [2.24, 2.45) is 0 Å². The van der Waals surface area contributed by atoms with Crippen molar-refractivity contribution in [3.05, 3.63) is 23.7 Å². The summed E-state index contributed by atoms with van der Waals surface area (Å²) in [5, 5.41) is 0. The highest BCUT2D eigenvalue weighted by molar-refractivity contribution is 5.71. The lowest BCUT2D eigenvalue weighted by Crippen LogP contribution is -1.93. The highest BCUT2D eigenvalue weighted by atomic mass is 14.9. The van der Waals surface area contributed by atoms with Crippen molar-refractivity contribution in [3.63, 3.8) is 0 Å². The third-order valence-corrected chi connectivity index (χ3v) is 2.08. The molecule has 0 fully saturated rings. The molecule has 0 radical (unpaired) electrons.